The van der Waals surface area contributed by atoms with Gasteiger partial charge in [0.05, 0.1) is 11.5 Å². The first-order valence-corrected chi connectivity index (χ1v) is 10.7. The molecule has 28 heavy (non-hydrogen) atoms. The SMILES string of the molecule is C[C@H](Oc1ccccc1F)C(=O)N(Cc1ccc(F)cc1)[C@@H]1CCS(=O)(=O)C1. The summed E-state index contributed by atoms with van der Waals surface area (Å²) >= 11 is 0. The third kappa shape index (κ3) is 4.86. The van der Waals surface area contributed by atoms with E-state index < -0.39 is 39.5 Å². The Morgan fingerprint density at radius 3 is 2.46 bits per heavy atom. The van der Waals surface area contributed by atoms with Gasteiger partial charge in [-0.25, -0.2) is 17.2 Å². The number of halogens is 2. The molecule has 8 heteroatoms. The van der Waals surface area contributed by atoms with E-state index in [4.69, 9.17) is 4.74 Å². The maximum absolute atomic E-state index is 13.8. The van der Waals surface area contributed by atoms with Crippen LogP contribution in [0.3, 0.4) is 0 Å². The summed E-state index contributed by atoms with van der Waals surface area (Å²) in [5.74, 6) is -1.62. The fourth-order valence-electron chi connectivity index (χ4n) is 3.21. The Kier molecular flexibility index (Phi) is 5.98. The molecule has 1 aliphatic heterocycles. The van der Waals surface area contributed by atoms with Crippen LogP contribution < -0.4 is 4.74 Å². The Morgan fingerprint density at radius 2 is 1.86 bits per heavy atom. The normalized spacial score (nSPS) is 19.2. The van der Waals surface area contributed by atoms with Crippen LogP contribution >= 0.6 is 0 Å². The van der Waals surface area contributed by atoms with Crippen molar-refractivity contribution in [2.24, 2.45) is 0 Å². The van der Waals surface area contributed by atoms with Crippen molar-refractivity contribution in [3.8, 4) is 5.75 Å². The van der Waals surface area contributed by atoms with Gasteiger partial charge in [0.1, 0.15) is 5.82 Å². The molecular weight excluding hydrogens is 388 g/mol. The van der Waals surface area contributed by atoms with Gasteiger partial charge in [0.2, 0.25) is 0 Å². The number of rotatable bonds is 6. The van der Waals surface area contributed by atoms with Gasteiger partial charge in [-0.1, -0.05) is 24.3 Å². The summed E-state index contributed by atoms with van der Waals surface area (Å²) in [7, 11) is -3.22. The second-order valence-electron chi connectivity index (χ2n) is 6.84. The van der Waals surface area contributed by atoms with Crippen LogP contribution in [-0.4, -0.2) is 42.9 Å². The molecule has 1 heterocycles. The minimum Gasteiger partial charge on any atom is -0.478 e. The molecule has 2 atom stereocenters. The fourth-order valence-corrected chi connectivity index (χ4v) is 4.94. The van der Waals surface area contributed by atoms with E-state index in [0.29, 0.717) is 12.0 Å². The molecule has 0 radical (unpaired) electrons. The number of sulfone groups is 1. The van der Waals surface area contributed by atoms with Crippen LogP contribution in [-0.2, 0) is 21.2 Å². The highest BCUT2D eigenvalue weighted by atomic mass is 32.2. The summed E-state index contributed by atoms with van der Waals surface area (Å²) in [6.45, 7) is 1.61. The lowest BCUT2D eigenvalue weighted by atomic mass is 10.1. The zero-order chi connectivity index (χ0) is 20.3. The largest absolute Gasteiger partial charge is 0.478 e. The number of ether oxygens (including phenoxy) is 1. The van der Waals surface area contributed by atoms with Gasteiger partial charge in [-0.2, -0.15) is 0 Å². The van der Waals surface area contributed by atoms with Crippen LogP contribution in [0.4, 0.5) is 8.78 Å². The van der Waals surface area contributed by atoms with Crippen LogP contribution in [0.15, 0.2) is 48.5 Å². The average Bonchev–Trinajstić information content (AvgIpc) is 3.02. The fraction of sp³-hybridized carbons (Fsp3) is 0.350. The van der Waals surface area contributed by atoms with Gasteiger partial charge in [-0.05, 0) is 43.2 Å². The van der Waals surface area contributed by atoms with Crippen molar-refractivity contribution in [3.05, 3.63) is 65.7 Å². The minimum absolute atomic E-state index is 0.00736. The van der Waals surface area contributed by atoms with Gasteiger partial charge in [0, 0.05) is 12.6 Å². The molecule has 3 rings (SSSR count). The lowest BCUT2D eigenvalue weighted by Crippen LogP contribution is -2.46. The third-order valence-electron chi connectivity index (χ3n) is 4.69. The minimum atomic E-state index is -3.22. The van der Waals surface area contributed by atoms with Crippen molar-refractivity contribution in [2.75, 3.05) is 11.5 Å². The summed E-state index contributed by atoms with van der Waals surface area (Å²) in [5.41, 5.74) is 0.664. The first kappa shape index (κ1) is 20.3. The van der Waals surface area contributed by atoms with E-state index in [1.165, 1.54) is 42.2 Å². The van der Waals surface area contributed by atoms with Crippen LogP contribution in [0, 0.1) is 11.6 Å². The number of carbonyl (C=O) groups excluding carboxylic acids is 1. The van der Waals surface area contributed by atoms with Gasteiger partial charge in [-0.3, -0.25) is 4.79 Å². The maximum atomic E-state index is 13.8. The smallest absolute Gasteiger partial charge is 0.263 e. The number of nitrogens with zero attached hydrogens (tertiary/aromatic N) is 1. The number of hydrogen-bond acceptors (Lipinski definition) is 4. The Labute approximate surface area is 162 Å². The van der Waals surface area contributed by atoms with Crippen LogP contribution in [0.2, 0.25) is 0 Å². The molecule has 5 nitrogen and oxygen atoms in total. The highest BCUT2D eigenvalue weighted by molar-refractivity contribution is 7.91. The van der Waals surface area contributed by atoms with E-state index in [1.807, 2.05) is 0 Å². The van der Waals surface area contributed by atoms with E-state index in [0.717, 1.165) is 0 Å². The van der Waals surface area contributed by atoms with E-state index in [9.17, 15) is 22.0 Å². The number of hydrogen-bond donors (Lipinski definition) is 0. The molecule has 2 aromatic rings. The Bertz CT molecular complexity index is 947. The van der Waals surface area contributed by atoms with E-state index in [1.54, 1.807) is 18.2 Å². The van der Waals surface area contributed by atoms with Crippen molar-refractivity contribution in [2.45, 2.75) is 32.0 Å². The molecule has 1 saturated heterocycles. The molecule has 0 unspecified atom stereocenters. The second-order valence-corrected chi connectivity index (χ2v) is 9.07. The number of carbonyl (C=O) groups is 1. The van der Waals surface area contributed by atoms with E-state index in [-0.39, 0.29) is 23.8 Å². The lowest BCUT2D eigenvalue weighted by Gasteiger charge is -2.31. The first-order valence-electron chi connectivity index (χ1n) is 8.92. The summed E-state index contributed by atoms with van der Waals surface area (Å²) in [4.78, 5) is 14.5. The number of amides is 1. The monoisotopic (exact) mass is 409 g/mol. The molecule has 1 amide bonds. The van der Waals surface area contributed by atoms with Crippen LogP contribution in [0.1, 0.15) is 18.9 Å². The van der Waals surface area contributed by atoms with Crippen molar-refractivity contribution in [1.82, 2.24) is 4.90 Å². The van der Waals surface area contributed by atoms with Crippen molar-refractivity contribution >= 4 is 15.7 Å². The molecule has 0 spiro atoms. The molecular formula is C20H21F2NO4S. The summed E-state index contributed by atoms with van der Waals surface area (Å²) < 4.78 is 56.3. The van der Waals surface area contributed by atoms with Gasteiger partial charge < -0.3 is 9.64 Å². The maximum Gasteiger partial charge on any atom is 0.263 e. The topological polar surface area (TPSA) is 63.7 Å². The number of para-hydroxylation sites is 1. The molecule has 0 N–H and O–H groups in total. The van der Waals surface area contributed by atoms with Gasteiger partial charge in [-0.15, -0.1) is 0 Å². The molecule has 150 valence electrons. The summed E-state index contributed by atoms with van der Waals surface area (Å²) in [6.07, 6.45) is -0.692. The van der Waals surface area contributed by atoms with Crippen LogP contribution in [0.5, 0.6) is 5.75 Å². The summed E-state index contributed by atoms with van der Waals surface area (Å²) in [5, 5.41) is 0. The molecule has 2 aromatic carbocycles. The van der Waals surface area contributed by atoms with E-state index >= 15 is 0 Å². The average molecular weight is 409 g/mol. The predicted octanol–water partition coefficient (Wildman–Crippen LogP) is 2.95. The predicted molar refractivity (Wildman–Crippen MR) is 100 cm³/mol. The molecule has 1 aliphatic rings. The van der Waals surface area contributed by atoms with Crippen molar-refractivity contribution in [3.63, 3.8) is 0 Å². The standard InChI is InChI=1S/C20H21F2NO4S/c1-14(27-19-5-3-2-4-18(19)22)20(24)23(17-10-11-28(25,26)13-17)12-15-6-8-16(21)9-7-15/h2-9,14,17H,10-13H2,1H3/t14-,17+/m0/s1. The lowest BCUT2D eigenvalue weighted by molar-refractivity contribution is -0.140. The van der Waals surface area contributed by atoms with E-state index in [2.05, 4.69) is 0 Å². The van der Waals surface area contributed by atoms with Gasteiger partial charge in [0.25, 0.3) is 5.91 Å². The summed E-state index contributed by atoms with van der Waals surface area (Å²) in [6, 6.07) is 10.9. The molecule has 1 fully saturated rings. The van der Waals surface area contributed by atoms with Crippen molar-refractivity contribution < 1.29 is 26.7 Å². The third-order valence-corrected chi connectivity index (χ3v) is 6.44. The van der Waals surface area contributed by atoms with Crippen LogP contribution in [0.25, 0.3) is 0 Å². The molecule has 0 aliphatic carbocycles. The zero-order valence-corrected chi connectivity index (χ0v) is 16.2. The quantitative estimate of drug-likeness (QED) is 0.736. The molecule has 0 saturated carbocycles. The van der Waals surface area contributed by atoms with Gasteiger partial charge in [0.15, 0.2) is 27.5 Å². The second kappa shape index (κ2) is 8.26. The Balaban J connectivity index is 1.81. The van der Waals surface area contributed by atoms with Gasteiger partial charge >= 0.3 is 0 Å². The Morgan fingerprint density at radius 1 is 1.18 bits per heavy atom. The zero-order valence-electron chi connectivity index (χ0n) is 15.3. The Hall–Kier alpha value is -2.48. The highest BCUT2D eigenvalue weighted by Gasteiger charge is 2.36. The molecule has 0 aromatic heterocycles. The highest BCUT2D eigenvalue weighted by Crippen LogP contribution is 2.23. The first-order chi connectivity index (χ1) is 13.2. The molecule has 0 bridgehead atoms. The van der Waals surface area contributed by atoms with Crippen molar-refractivity contribution in [1.29, 1.82) is 0 Å². The number of benzene rings is 2.